The first-order valence-corrected chi connectivity index (χ1v) is 3.91. The maximum Gasteiger partial charge on any atom is 0.257 e. The normalized spacial score (nSPS) is 11.7. The lowest BCUT2D eigenvalue weighted by Crippen LogP contribution is -2.33. The number of aromatic amines is 1. The maximum absolute atomic E-state index is 11.2. The van der Waals surface area contributed by atoms with Gasteiger partial charge in [0.05, 0.1) is 11.1 Å². The van der Waals surface area contributed by atoms with Crippen LogP contribution in [0.3, 0.4) is 0 Å². The van der Waals surface area contributed by atoms with Gasteiger partial charge in [0.25, 0.3) is 5.56 Å². The SMILES string of the molecule is Cc1c(O)nc(C(C)(C)N)[nH]c1=O. The molecule has 0 bridgehead atoms. The molecule has 0 fully saturated rings. The van der Waals surface area contributed by atoms with Crippen molar-refractivity contribution in [1.29, 1.82) is 0 Å². The molecule has 5 nitrogen and oxygen atoms in total. The first-order chi connectivity index (χ1) is 5.82. The summed E-state index contributed by atoms with van der Waals surface area (Å²) in [6.07, 6.45) is 0. The van der Waals surface area contributed by atoms with Crippen molar-refractivity contribution in [1.82, 2.24) is 9.97 Å². The van der Waals surface area contributed by atoms with E-state index in [-0.39, 0.29) is 22.8 Å². The van der Waals surface area contributed by atoms with Crippen molar-refractivity contribution in [2.24, 2.45) is 5.73 Å². The molecule has 0 radical (unpaired) electrons. The zero-order chi connectivity index (χ0) is 10.2. The molecule has 72 valence electrons. The summed E-state index contributed by atoms with van der Waals surface area (Å²) >= 11 is 0. The maximum atomic E-state index is 11.2. The Balaban J connectivity index is 3.38. The van der Waals surface area contributed by atoms with E-state index in [4.69, 9.17) is 5.73 Å². The zero-order valence-electron chi connectivity index (χ0n) is 7.88. The minimum atomic E-state index is -0.760. The number of aromatic nitrogens is 2. The quantitative estimate of drug-likeness (QED) is 0.570. The summed E-state index contributed by atoms with van der Waals surface area (Å²) in [5, 5.41) is 9.26. The molecule has 0 aliphatic rings. The molecule has 13 heavy (non-hydrogen) atoms. The second-order valence-electron chi connectivity index (χ2n) is 3.58. The number of nitrogens with two attached hydrogens (primary N) is 1. The highest BCUT2D eigenvalue weighted by atomic mass is 16.3. The first-order valence-electron chi connectivity index (χ1n) is 3.91. The molecule has 1 rings (SSSR count). The van der Waals surface area contributed by atoms with E-state index in [9.17, 15) is 9.90 Å². The summed E-state index contributed by atoms with van der Waals surface area (Å²) in [5.41, 5.74) is 4.78. The summed E-state index contributed by atoms with van der Waals surface area (Å²) in [7, 11) is 0. The number of hydrogen-bond acceptors (Lipinski definition) is 4. The highest BCUT2D eigenvalue weighted by Crippen LogP contribution is 2.14. The molecule has 5 heteroatoms. The third-order valence-electron chi connectivity index (χ3n) is 1.74. The van der Waals surface area contributed by atoms with Gasteiger partial charge in [-0.3, -0.25) is 4.79 Å². The van der Waals surface area contributed by atoms with Crippen LogP contribution in [0, 0.1) is 6.92 Å². The molecule has 1 aromatic rings. The van der Waals surface area contributed by atoms with Crippen molar-refractivity contribution in [2.75, 3.05) is 0 Å². The van der Waals surface area contributed by atoms with Crippen LogP contribution in [0.15, 0.2) is 4.79 Å². The van der Waals surface area contributed by atoms with Crippen molar-refractivity contribution in [3.8, 4) is 5.88 Å². The Morgan fingerprint density at radius 2 is 2.08 bits per heavy atom. The van der Waals surface area contributed by atoms with Crippen LogP contribution in [0.5, 0.6) is 5.88 Å². The van der Waals surface area contributed by atoms with E-state index >= 15 is 0 Å². The van der Waals surface area contributed by atoms with Gasteiger partial charge in [0.15, 0.2) is 0 Å². The number of rotatable bonds is 1. The second kappa shape index (κ2) is 2.85. The van der Waals surface area contributed by atoms with Gasteiger partial charge in [0.1, 0.15) is 5.82 Å². The van der Waals surface area contributed by atoms with Crippen molar-refractivity contribution < 1.29 is 5.11 Å². The van der Waals surface area contributed by atoms with Gasteiger partial charge in [-0.2, -0.15) is 4.98 Å². The average molecular weight is 183 g/mol. The molecule has 0 spiro atoms. The molecule has 0 saturated heterocycles. The molecule has 1 aromatic heterocycles. The van der Waals surface area contributed by atoms with Gasteiger partial charge in [0.2, 0.25) is 5.88 Å². The highest BCUT2D eigenvalue weighted by molar-refractivity contribution is 5.21. The van der Waals surface area contributed by atoms with Crippen LogP contribution >= 0.6 is 0 Å². The monoisotopic (exact) mass is 183 g/mol. The van der Waals surface area contributed by atoms with Gasteiger partial charge in [-0.15, -0.1) is 0 Å². The number of nitrogens with zero attached hydrogens (tertiary/aromatic N) is 1. The Labute approximate surface area is 75.6 Å². The van der Waals surface area contributed by atoms with Gasteiger partial charge in [-0.25, -0.2) is 0 Å². The van der Waals surface area contributed by atoms with Crippen molar-refractivity contribution in [2.45, 2.75) is 26.3 Å². The first kappa shape index (κ1) is 9.73. The van der Waals surface area contributed by atoms with Gasteiger partial charge in [-0.05, 0) is 20.8 Å². The molecule has 0 aliphatic carbocycles. The molecule has 0 atom stereocenters. The zero-order valence-corrected chi connectivity index (χ0v) is 7.88. The molecule has 4 N–H and O–H groups in total. The standard InChI is InChI=1S/C8H13N3O2/c1-4-5(12)10-7(8(2,3)9)11-6(4)13/h9H2,1-3H3,(H2,10,11,12,13). The number of H-pyrrole nitrogens is 1. The third-order valence-corrected chi connectivity index (χ3v) is 1.74. The molecular weight excluding hydrogens is 170 g/mol. The van der Waals surface area contributed by atoms with Crippen LogP contribution in [0.25, 0.3) is 0 Å². The summed E-state index contributed by atoms with van der Waals surface area (Å²) in [6, 6.07) is 0. The number of nitrogens with one attached hydrogen (secondary N) is 1. The largest absolute Gasteiger partial charge is 0.493 e. The lowest BCUT2D eigenvalue weighted by atomic mass is 10.1. The highest BCUT2D eigenvalue weighted by Gasteiger charge is 2.19. The van der Waals surface area contributed by atoms with E-state index in [0.29, 0.717) is 0 Å². The fourth-order valence-electron chi connectivity index (χ4n) is 0.826. The molecule has 0 aromatic carbocycles. The van der Waals surface area contributed by atoms with E-state index in [2.05, 4.69) is 9.97 Å². The average Bonchev–Trinajstić information content (AvgIpc) is 1.97. The molecule has 0 saturated carbocycles. The van der Waals surface area contributed by atoms with E-state index in [1.807, 2.05) is 0 Å². The fourth-order valence-corrected chi connectivity index (χ4v) is 0.826. The van der Waals surface area contributed by atoms with E-state index in [0.717, 1.165) is 0 Å². The lowest BCUT2D eigenvalue weighted by Gasteiger charge is -2.17. The summed E-state index contributed by atoms with van der Waals surface area (Å²) in [6.45, 7) is 4.88. The minimum Gasteiger partial charge on any atom is -0.493 e. The Morgan fingerprint density at radius 1 is 1.54 bits per heavy atom. The Hall–Kier alpha value is -1.36. The third kappa shape index (κ3) is 1.86. The smallest absolute Gasteiger partial charge is 0.257 e. The Bertz CT molecular complexity index is 376. The van der Waals surface area contributed by atoms with Crippen LogP contribution in [-0.2, 0) is 5.54 Å². The Morgan fingerprint density at radius 3 is 2.46 bits per heavy atom. The van der Waals surface area contributed by atoms with Crippen LogP contribution < -0.4 is 11.3 Å². The predicted molar refractivity (Wildman–Crippen MR) is 48.5 cm³/mol. The summed E-state index contributed by atoms with van der Waals surface area (Å²) < 4.78 is 0. The molecule has 0 aliphatic heterocycles. The fraction of sp³-hybridized carbons (Fsp3) is 0.500. The molecular formula is C8H13N3O2. The predicted octanol–water partition coefficient (Wildman–Crippen LogP) is -0.0223. The summed E-state index contributed by atoms with van der Waals surface area (Å²) in [4.78, 5) is 17.5. The van der Waals surface area contributed by atoms with Gasteiger partial charge >= 0.3 is 0 Å². The van der Waals surface area contributed by atoms with Gasteiger partial charge in [-0.1, -0.05) is 0 Å². The van der Waals surface area contributed by atoms with Crippen LogP contribution in [0.4, 0.5) is 0 Å². The minimum absolute atomic E-state index is 0.202. The summed E-state index contributed by atoms with van der Waals surface area (Å²) in [5.74, 6) is 0.0119. The van der Waals surface area contributed by atoms with Crippen molar-refractivity contribution in [3.05, 3.63) is 21.7 Å². The van der Waals surface area contributed by atoms with E-state index in [1.165, 1.54) is 6.92 Å². The Kier molecular flexibility index (Phi) is 2.13. The van der Waals surface area contributed by atoms with E-state index < -0.39 is 5.54 Å². The van der Waals surface area contributed by atoms with Gasteiger partial charge in [0, 0.05) is 0 Å². The molecule has 1 heterocycles. The van der Waals surface area contributed by atoms with Crippen LogP contribution in [0.2, 0.25) is 0 Å². The lowest BCUT2D eigenvalue weighted by molar-refractivity contribution is 0.425. The topological polar surface area (TPSA) is 92.0 Å². The number of hydrogen-bond donors (Lipinski definition) is 3. The van der Waals surface area contributed by atoms with E-state index in [1.54, 1.807) is 13.8 Å². The second-order valence-corrected chi connectivity index (χ2v) is 3.58. The van der Waals surface area contributed by atoms with Crippen molar-refractivity contribution >= 4 is 0 Å². The van der Waals surface area contributed by atoms with Gasteiger partial charge < -0.3 is 15.8 Å². The van der Waals surface area contributed by atoms with Crippen LogP contribution in [-0.4, -0.2) is 15.1 Å². The van der Waals surface area contributed by atoms with Crippen LogP contribution in [0.1, 0.15) is 25.2 Å². The molecule has 0 amide bonds. The van der Waals surface area contributed by atoms with Crippen molar-refractivity contribution in [3.63, 3.8) is 0 Å². The molecule has 0 unspecified atom stereocenters. The number of aromatic hydroxyl groups is 1.